The number of phenols is 1. The maximum absolute atomic E-state index is 13.2. The van der Waals surface area contributed by atoms with E-state index < -0.39 is 0 Å². The third-order valence-electron chi connectivity index (χ3n) is 2.59. The standard InChI is InChI=1S/C13H12BrFN2O/c1-8(10-7-9(15)4-5-12(10)18)17-11-3-2-6-16-13(11)14/h2-8,17-18H,1H3. The van der Waals surface area contributed by atoms with Gasteiger partial charge in [0.25, 0.3) is 0 Å². The van der Waals surface area contributed by atoms with Gasteiger partial charge in [-0.2, -0.15) is 0 Å². The molecule has 5 heteroatoms. The quantitative estimate of drug-likeness (QED) is 0.846. The van der Waals surface area contributed by atoms with Gasteiger partial charge in [0, 0.05) is 11.8 Å². The SMILES string of the molecule is CC(Nc1cccnc1Br)c1cc(F)ccc1O. The molecule has 0 bridgehead atoms. The summed E-state index contributed by atoms with van der Waals surface area (Å²) >= 11 is 3.32. The van der Waals surface area contributed by atoms with Gasteiger partial charge in [-0.25, -0.2) is 9.37 Å². The molecule has 1 atom stereocenters. The second kappa shape index (κ2) is 5.35. The molecule has 0 radical (unpaired) electrons. The van der Waals surface area contributed by atoms with Crippen LogP contribution >= 0.6 is 15.9 Å². The van der Waals surface area contributed by atoms with Gasteiger partial charge in [-0.15, -0.1) is 0 Å². The van der Waals surface area contributed by atoms with E-state index in [0.29, 0.717) is 10.2 Å². The van der Waals surface area contributed by atoms with E-state index in [4.69, 9.17) is 0 Å². The van der Waals surface area contributed by atoms with Crippen LogP contribution < -0.4 is 5.32 Å². The number of aromatic nitrogens is 1. The van der Waals surface area contributed by atoms with Crippen molar-refractivity contribution in [3.63, 3.8) is 0 Å². The Labute approximate surface area is 113 Å². The first-order valence-corrected chi connectivity index (χ1v) is 6.22. The van der Waals surface area contributed by atoms with Crippen molar-refractivity contribution >= 4 is 21.6 Å². The highest BCUT2D eigenvalue weighted by molar-refractivity contribution is 9.10. The predicted molar refractivity (Wildman–Crippen MR) is 72.0 cm³/mol. The molecular weight excluding hydrogens is 299 g/mol. The van der Waals surface area contributed by atoms with Gasteiger partial charge in [-0.1, -0.05) is 0 Å². The van der Waals surface area contributed by atoms with Crippen LogP contribution in [0, 0.1) is 5.82 Å². The fourth-order valence-electron chi connectivity index (χ4n) is 1.68. The van der Waals surface area contributed by atoms with Crippen molar-refractivity contribution in [1.29, 1.82) is 0 Å². The number of rotatable bonds is 3. The number of pyridine rings is 1. The van der Waals surface area contributed by atoms with Gasteiger partial charge in [-0.3, -0.25) is 0 Å². The van der Waals surface area contributed by atoms with Gasteiger partial charge < -0.3 is 10.4 Å². The molecule has 18 heavy (non-hydrogen) atoms. The molecule has 0 aliphatic carbocycles. The van der Waals surface area contributed by atoms with Gasteiger partial charge in [0.15, 0.2) is 0 Å². The first-order chi connectivity index (χ1) is 8.58. The molecule has 2 rings (SSSR count). The van der Waals surface area contributed by atoms with Crippen molar-refractivity contribution in [2.75, 3.05) is 5.32 Å². The van der Waals surface area contributed by atoms with Gasteiger partial charge in [0.2, 0.25) is 0 Å². The fourth-order valence-corrected chi connectivity index (χ4v) is 2.04. The number of phenolic OH excluding ortho intramolecular Hbond substituents is 1. The van der Waals surface area contributed by atoms with E-state index in [0.717, 1.165) is 5.69 Å². The van der Waals surface area contributed by atoms with Gasteiger partial charge in [-0.05, 0) is 53.2 Å². The van der Waals surface area contributed by atoms with Crippen molar-refractivity contribution < 1.29 is 9.50 Å². The average molecular weight is 311 g/mol. The largest absolute Gasteiger partial charge is 0.508 e. The minimum Gasteiger partial charge on any atom is -0.508 e. The molecule has 0 saturated heterocycles. The van der Waals surface area contributed by atoms with Crippen molar-refractivity contribution in [2.45, 2.75) is 13.0 Å². The van der Waals surface area contributed by atoms with Crippen molar-refractivity contribution in [1.82, 2.24) is 4.98 Å². The molecule has 0 fully saturated rings. The Morgan fingerprint density at radius 2 is 2.17 bits per heavy atom. The van der Waals surface area contributed by atoms with E-state index >= 15 is 0 Å². The summed E-state index contributed by atoms with van der Waals surface area (Å²) in [6.45, 7) is 1.84. The second-order valence-electron chi connectivity index (χ2n) is 3.91. The smallest absolute Gasteiger partial charge is 0.129 e. The van der Waals surface area contributed by atoms with Crippen LogP contribution in [0.5, 0.6) is 5.75 Å². The molecule has 0 aliphatic rings. The summed E-state index contributed by atoms with van der Waals surface area (Å²) in [5.74, 6) is -0.307. The van der Waals surface area contributed by atoms with E-state index in [9.17, 15) is 9.50 Å². The summed E-state index contributed by atoms with van der Waals surface area (Å²) in [5, 5.41) is 12.9. The first-order valence-electron chi connectivity index (χ1n) is 5.43. The molecule has 3 nitrogen and oxygen atoms in total. The average Bonchev–Trinajstić information content (AvgIpc) is 2.35. The van der Waals surface area contributed by atoms with Crippen LogP contribution in [0.25, 0.3) is 0 Å². The van der Waals surface area contributed by atoms with E-state index in [1.54, 1.807) is 12.3 Å². The Morgan fingerprint density at radius 3 is 2.89 bits per heavy atom. The summed E-state index contributed by atoms with van der Waals surface area (Å²) in [5.41, 5.74) is 1.29. The molecule has 1 unspecified atom stereocenters. The monoisotopic (exact) mass is 310 g/mol. The number of halogens is 2. The molecule has 2 aromatic rings. The summed E-state index contributed by atoms with van der Waals surface area (Å²) < 4.78 is 13.8. The number of benzene rings is 1. The Bertz CT molecular complexity index is 562. The topological polar surface area (TPSA) is 45.2 Å². The zero-order chi connectivity index (χ0) is 13.1. The van der Waals surface area contributed by atoms with Crippen molar-refractivity contribution in [3.05, 3.63) is 52.5 Å². The molecule has 1 heterocycles. The predicted octanol–water partition coefficient (Wildman–Crippen LogP) is 3.86. The van der Waals surface area contributed by atoms with E-state index in [1.807, 2.05) is 13.0 Å². The van der Waals surface area contributed by atoms with Crippen LogP contribution in [0.15, 0.2) is 41.1 Å². The third kappa shape index (κ3) is 2.79. The number of nitrogens with zero attached hydrogens (tertiary/aromatic N) is 1. The first kappa shape index (κ1) is 12.8. The molecule has 2 N–H and O–H groups in total. The third-order valence-corrected chi connectivity index (χ3v) is 3.22. The van der Waals surface area contributed by atoms with Crippen LogP contribution in [-0.2, 0) is 0 Å². The number of hydrogen-bond acceptors (Lipinski definition) is 3. The highest BCUT2D eigenvalue weighted by Gasteiger charge is 2.12. The van der Waals surface area contributed by atoms with Crippen molar-refractivity contribution in [3.8, 4) is 5.75 Å². The highest BCUT2D eigenvalue weighted by atomic mass is 79.9. The van der Waals surface area contributed by atoms with Crippen LogP contribution in [-0.4, -0.2) is 10.1 Å². The normalized spacial score (nSPS) is 12.2. The Morgan fingerprint density at radius 1 is 1.39 bits per heavy atom. The zero-order valence-corrected chi connectivity index (χ0v) is 11.3. The van der Waals surface area contributed by atoms with Gasteiger partial charge in [0.1, 0.15) is 16.2 Å². The number of nitrogens with one attached hydrogen (secondary N) is 1. The van der Waals surface area contributed by atoms with E-state index in [-0.39, 0.29) is 17.6 Å². The Kier molecular flexibility index (Phi) is 3.81. The van der Waals surface area contributed by atoms with Crippen molar-refractivity contribution in [2.24, 2.45) is 0 Å². The minimum absolute atomic E-state index is 0.0661. The van der Waals surface area contributed by atoms with Crippen LogP contribution in [0.1, 0.15) is 18.5 Å². The van der Waals surface area contributed by atoms with Crippen LogP contribution in [0.2, 0.25) is 0 Å². The van der Waals surface area contributed by atoms with E-state index in [1.165, 1.54) is 18.2 Å². The van der Waals surface area contributed by atoms with Gasteiger partial charge in [0.05, 0.1) is 11.7 Å². The summed E-state index contributed by atoms with van der Waals surface area (Å²) in [6.07, 6.45) is 1.67. The lowest BCUT2D eigenvalue weighted by molar-refractivity contribution is 0.462. The number of aromatic hydroxyl groups is 1. The second-order valence-corrected chi connectivity index (χ2v) is 4.66. The lowest BCUT2D eigenvalue weighted by Crippen LogP contribution is -2.08. The number of hydrogen-bond donors (Lipinski definition) is 2. The summed E-state index contributed by atoms with van der Waals surface area (Å²) in [6, 6.07) is 7.31. The Balaban J connectivity index is 2.25. The molecule has 0 aliphatic heterocycles. The molecule has 1 aromatic heterocycles. The van der Waals surface area contributed by atoms with Crippen LogP contribution in [0.3, 0.4) is 0 Å². The lowest BCUT2D eigenvalue weighted by Gasteiger charge is -2.17. The molecule has 0 amide bonds. The maximum atomic E-state index is 13.2. The zero-order valence-electron chi connectivity index (χ0n) is 9.69. The molecular formula is C13H12BrFN2O. The molecule has 94 valence electrons. The minimum atomic E-state index is -0.373. The van der Waals surface area contributed by atoms with Crippen LogP contribution in [0.4, 0.5) is 10.1 Å². The Hall–Kier alpha value is -1.62. The lowest BCUT2D eigenvalue weighted by atomic mass is 10.1. The molecule has 0 saturated carbocycles. The summed E-state index contributed by atoms with van der Waals surface area (Å²) in [7, 11) is 0. The maximum Gasteiger partial charge on any atom is 0.129 e. The molecule has 1 aromatic carbocycles. The van der Waals surface area contributed by atoms with Gasteiger partial charge >= 0.3 is 0 Å². The van der Waals surface area contributed by atoms with E-state index in [2.05, 4.69) is 26.2 Å². The summed E-state index contributed by atoms with van der Waals surface area (Å²) in [4.78, 5) is 4.08. The molecule has 0 spiro atoms. The number of anilines is 1. The highest BCUT2D eigenvalue weighted by Crippen LogP contribution is 2.29. The fraction of sp³-hybridized carbons (Fsp3) is 0.154.